The van der Waals surface area contributed by atoms with Crippen LogP contribution in [0.4, 0.5) is 0 Å². The van der Waals surface area contributed by atoms with E-state index in [1.54, 1.807) is 0 Å². The van der Waals surface area contributed by atoms with E-state index in [1.807, 2.05) is 0 Å². The first-order chi connectivity index (χ1) is 37.2. The molecule has 2 N–H and O–H groups in total. The normalized spacial score (nSPS) is 13.6. The smallest absolute Gasteiger partial charge is 0.462 e. The van der Waals surface area contributed by atoms with Gasteiger partial charge in [-0.2, -0.15) is 0 Å². The highest BCUT2D eigenvalue weighted by Crippen LogP contribution is 2.43. The number of esters is 3. The molecule has 11 nitrogen and oxygen atoms in total. The van der Waals surface area contributed by atoms with Crippen molar-refractivity contribution in [1.29, 1.82) is 0 Å². The molecule has 0 aromatic heterocycles. The van der Waals surface area contributed by atoms with Gasteiger partial charge in [-0.05, 0) is 83.5 Å². The predicted octanol–water partition coefficient (Wildman–Crippen LogP) is 18.9. The number of hydrogen-bond donors (Lipinski definition) is 2. The van der Waals surface area contributed by atoms with Crippen molar-refractivity contribution in [3.8, 4) is 0 Å². The second-order valence-electron chi connectivity index (χ2n) is 21.2. The molecule has 0 amide bonds. The lowest BCUT2D eigenvalue weighted by Gasteiger charge is -2.21. The molecular weight excluding hydrogens is 976 g/mol. The summed E-state index contributed by atoms with van der Waals surface area (Å²) in [6.45, 7) is 4.64. The monoisotopic (exact) mass is 1090 g/mol. The van der Waals surface area contributed by atoms with E-state index in [4.69, 9.17) is 23.3 Å². The molecule has 3 atom stereocenters. The summed E-state index contributed by atoms with van der Waals surface area (Å²) >= 11 is 0. The molecule has 0 aromatic rings. The van der Waals surface area contributed by atoms with Gasteiger partial charge in [0.25, 0.3) is 0 Å². The summed E-state index contributed by atoms with van der Waals surface area (Å²) in [6.07, 6.45) is 63.4. The number of phosphoric acid groups is 1. The van der Waals surface area contributed by atoms with E-state index in [1.165, 1.54) is 148 Å². The SMILES string of the molecule is CCCCC/C=C\C/C=C\C/C=C\CCCCCCCCC(=O)OC(COC(=O)CCCCCCCCCCCCCCC)COP(=O)(O)OCC(CO)OC(=O)CCCCCCCCC/C=C\CCCCCCCC. The van der Waals surface area contributed by atoms with Crippen LogP contribution in [0, 0.1) is 0 Å². The Balaban J connectivity index is 4.68. The highest BCUT2D eigenvalue weighted by atomic mass is 31.2. The van der Waals surface area contributed by atoms with Crippen molar-refractivity contribution in [1.82, 2.24) is 0 Å². The number of carbonyl (C=O) groups excluding carboxylic acids is 3. The minimum Gasteiger partial charge on any atom is -0.462 e. The van der Waals surface area contributed by atoms with Crippen molar-refractivity contribution >= 4 is 25.7 Å². The summed E-state index contributed by atoms with van der Waals surface area (Å²) in [5.41, 5.74) is 0. The van der Waals surface area contributed by atoms with Crippen molar-refractivity contribution < 1.29 is 52.2 Å². The van der Waals surface area contributed by atoms with Crippen LogP contribution in [-0.2, 0) is 42.2 Å². The zero-order valence-electron chi connectivity index (χ0n) is 49.2. The van der Waals surface area contributed by atoms with Crippen LogP contribution in [-0.4, -0.2) is 66.5 Å². The largest absolute Gasteiger partial charge is 0.472 e. The molecule has 0 aliphatic heterocycles. The molecular formula is C64H117O11P. The topological polar surface area (TPSA) is 155 Å². The Bertz CT molecular complexity index is 1460. The Kier molecular flexibility index (Phi) is 56.6. The summed E-state index contributed by atoms with van der Waals surface area (Å²) in [5, 5.41) is 9.84. The van der Waals surface area contributed by atoms with Gasteiger partial charge in [-0.25, -0.2) is 4.57 Å². The molecule has 12 heteroatoms. The van der Waals surface area contributed by atoms with Crippen LogP contribution in [0.5, 0.6) is 0 Å². The summed E-state index contributed by atoms with van der Waals surface area (Å²) in [6, 6.07) is 0. The number of hydrogen-bond acceptors (Lipinski definition) is 10. The van der Waals surface area contributed by atoms with Crippen LogP contribution in [0.25, 0.3) is 0 Å². The summed E-state index contributed by atoms with van der Waals surface area (Å²) < 4.78 is 39.6. The predicted molar refractivity (Wildman–Crippen MR) is 316 cm³/mol. The third kappa shape index (κ3) is 56.2. The molecule has 0 aliphatic carbocycles. The first-order valence-electron chi connectivity index (χ1n) is 31.5. The lowest BCUT2D eigenvalue weighted by atomic mass is 10.0. The van der Waals surface area contributed by atoms with Crippen molar-refractivity contribution in [2.75, 3.05) is 26.4 Å². The number of ether oxygens (including phenoxy) is 3. The molecule has 0 heterocycles. The molecule has 0 radical (unpaired) electrons. The van der Waals surface area contributed by atoms with Gasteiger partial charge in [-0.3, -0.25) is 23.4 Å². The highest BCUT2D eigenvalue weighted by molar-refractivity contribution is 7.47. The van der Waals surface area contributed by atoms with Gasteiger partial charge in [-0.15, -0.1) is 0 Å². The Morgan fingerprint density at radius 1 is 0.368 bits per heavy atom. The molecule has 444 valence electrons. The zero-order valence-corrected chi connectivity index (χ0v) is 50.1. The first kappa shape index (κ1) is 73.4. The van der Waals surface area contributed by atoms with E-state index in [9.17, 15) is 28.9 Å². The second-order valence-corrected chi connectivity index (χ2v) is 22.7. The minimum absolute atomic E-state index is 0.155. The van der Waals surface area contributed by atoms with Crippen molar-refractivity contribution in [3.63, 3.8) is 0 Å². The van der Waals surface area contributed by atoms with Gasteiger partial charge in [0.1, 0.15) is 12.7 Å². The fourth-order valence-electron chi connectivity index (χ4n) is 8.89. The molecule has 76 heavy (non-hydrogen) atoms. The van der Waals surface area contributed by atoms with Crippen molar-refractivity contribution in [3.05, 3.63) is 48.6 Å². The van der Waals surface area contributed by atoms with E-state index >= 15 is 0 Å². The van der Waals surface area contributed by atoms with Crippen LogP contribution in [0.15, 0.2) is 48.6 Å². The Morgan fingerprint density at radius 3 is 1.03 bits per heavy atom. The number of allylic oxidation sites excluding steroid dienone is 8. The number of rotatable bonds is 59. The van der Waals surface area contributed by atoms with E-state index < -0.39 is 57.8 Å². The summed E-state index contributed by atoms with van der Waals surface area (Å²) in [4.78, 5) is 48.7. The molecule has 0 spiro atoms. The molecule has 0 rings (SSSR count). The first-order valence-corrected chi connectivity index (χ1v) is 33.0. The van der Waals surface area contributed by atoms with Gasteiger partial charge in [0.15, 0.2) is 6.10 Å². The van der Waals surface area contributed by atoms with Gasteiger partial charge in [0.2, 0.25) is 0 Å². The number of carbonyl (C=O) groups is 3. The third-order valence-corrected chi connectivity index (χ3v) is 14.7. The van der Waals surface area contributed by atoms with E-state index in [0.29, 0.717) is 19.3 Å². The Morgan fingerprint density at radius 2 is 0.645 bits per heavy atom. The summed E-state index contributed by atoms with van der Waals surface area (Å²) in [5.74, 6) is -1.46. The second kappa shape index (κ2) is 58.6. The molecule has 0 saturated carbocycles. The van der Waals surface area contributed by atoms with Gasteiger partial charge < -0.3 is 24.2 Å². The van der Waals surface area contributed by atoms with Crippen LogP contribution in [0.3, 0.4) is 0 Å². The maximum absolute atomic E-state index is 12.9. The van der Waals surface area contributed by atoms with Gasteiger partial charge >= 0.3 is 25.7 Å². The van der Waals surface area contributed by atoms with Gasteiger partial charge in [0.05, 0.1) is 19.8 Å². The highest BCUT2D eigenvalue weighted by Gasteiger charge is 2.28. The maximum atomic E-state index is 12.9. The molecule has 0 bridgehead atoms. The lowest BCUT2D eigenvalue weighted by Crippen LogP contribution is -2.30. The van der Waals surface area contributed by atoms with E-state index in [2.05, 4.69) is 69.4 Å². The van der Waals surface area contributed by atoms with Crippen LogP contribution >= 0.6 is 7.82 Å². The van der Waals surface area contributed by atoms with Gasteiger partial charge in [0, 0.05) is 19.3 Å². The fourth-order valence-corrected chi connectivity index (χ4v) is 9.67. The number of phosphoric ester groups is 1. The molecule has 0 aliphatic rings. The third-order valence-electron chi connectivity index (χ3n) is 13.7. The molecule has 0 aromatic carbocycles. The Labute approximate surface area is 466 Å². The zero-order chi connectivity index (χ0) is 55.5. The van der Waals surface area contributed by atoms with E-state index in [0.717, 1.165) is 96.3 Å². The molecule has 0 saturated heterocycles. The fraction of sp³-hybridized carbons (Fsp3) is 0.828. The molecule has 3 unspecified atom stereocenters. The standard InChI is InChI=1S/C64H117O11P/c1-4-7-10-13-16-19-22-25-27-29-30-32-34-37-40-43-46-49-52-55-64(68)75-61(57-71-62(66)53-50-47-44-41-38-35-24-21-18-15-12-9-6-3)59-73-76(69,70)72-58-60(56-65)74-63(67)54-51-48-45-42-39-36-33-31-28-26-23-20-17-14-11-8-5-2/h16,19,25-28,30,32,60-61,65H,4-15,17-18,20-24,29,31,33-59H2,1-3H3,(H,69,70)/b19-16-,27-25-,28-26-,32-30-. The molecule has 0 fully saturated rings. The quantitative estimate of drug-likeness (QED) is 0.0197. The van der Waals surface area contributed by atoms with Gasteiger partial charge in [-0.1, -0.05) is 249 Å². The average molecular weight is 1090 g/mol. The van der Waals surface area contributed by atoms with Crippen molar-refractivity contribution in [2.45, 2.75) is 315 Å². The average Bonchev–Trinajstić information content (AvgIpc) is 3.41. The number of unbranched alkanes of at least 4 members (excludes halogenated alkanes) is 34. The summed E-state index contributed by atoms with van der Waals surface area (Å²) in [7, 11) is -4.75. The van der Waals surface area contributed by atoms with Crippen molar-refractivity contribution in [2.24, 2.45) is 0 Å². The van der Waals surface area contributed by atoms with Crippen LogP contribution < -0.4 is 0 Å². The number of aliphatic hydroxyl groups is 1. The number of aliphatic hydroxyl groups excluding tert-OH is 1. The Hall–Kier alpha value is -2.56. The lowest BCUT2D eigenvalue weighted by molar-refractivity contribution is -0.161. The minimum atomic E-state index is -4.75. The van der Waals surface area contributed by atoms with Crippen LogP contribution in [0.1, 0.15) is 303 Å². The maximum Gasteiger partial charge on any atom is 0.472 e. The van der Waals surface area contributed by atoms with E-state index in [-0.39, 0.29) is 25.9 Å². The van der Waals surface area contributed by atoms with Crippen LogP contribution in [0.2, 0.25) is 0 Å².